The molecule has 0 saturated carbocycles. The van der Waals surface area contributed by atoms with Gasteiger partial charge in [0.15, 0.2) is 5.82 Å². The van der Waals surface area contributed by atoms with Gasteiger partial charge in [0.05, 0.1) is 5.69 Å². The highest BCUT2D eigenvalue weighted by Gasteiger charge is 2.19. The summed E-state index contributed by atoms with van der Waals surface area (Å²) < 4.78 is 14.7. The zero-order chi connectivity index (χ0) is 19.5. The van der Waals surface area contributed by atoms with Gasteiger partial charge in [-0.2, -0.15) is 0 Å². The van der Waals surface area contributed by atoms with Gasteiger partial charge in [-0.05, 0) is 60.7 Å². The SMILES string of the molecule is O=C(Nc1ccc(F)cc1)c1nc(-c2ccc(Cl)cc2)n(-c2ccccc2)n1. The second-order valence-electron chi connectivity index (χ2n) is 5.97. The number of hydrogen-bond acceptors (Lipinski definition) is 3. The molecular weight excluding hydrogens is 379 g/mol. The van der Waals surface area contributed by atoms with Crippen molar-refractivity contribution >= 4 is 23.2 Å². The van der Waals surface area contributed by atoms with Gasteiger partial charge >= 0.3 is 0 Å². The molecule has 5 nitrogen and oxygen atoms in total. The number of nitrogens with one attached hydrogen (secondary N) is 1. The lowest BCUT2D eigenvalue weighted by molar-refractivity contribution is 0.101. The molecule has 0 unspecified atom stereocenters. The molecule has 7 heteroatoms. The van der Waals surface area contributed by atoms with E-state index in [0.717, 1.165) is 11.3 Å². The molecule has 4 rings (SSSR count). The number of carbonyl (C=O) groups excluding carboxylic acids is 1. The fourth-order valence-corrected chi connectivity index (χ4v) is 2.79. The molecule has 28 heavy (non-hydrogen) atoms. The summed E-state index contributed by atoms with van der Waals surface area (Å²) in [5.41, 5.74) is 1.98. The molecule has 0 fully saturated rings. The lowest BCUT2D eigenvalue weighted by Gasteiger charge is -2.05. The number of benzene rings is 3. The molecule has 0 bridgehead atoms. The van der Waals surface area contributed by atoms with Gasteiger partial charge in [-0.1, -0.05) is 29.8 Å². The van der Waals surface area contributed by atoms with Gasteiger partial charge in [0.1, 0.15) is 5.82 Å². The molecule has 0 saturated heterocycles. The number of aromatic nitrogens is 3. The molecule has 0 spiro atoms. The van der Waals surface area contributed by atoms with E-state index in [-0.39, 0.29) is 11.6 Å². The highest BCUT2D eigenvalue weighted by Crippen LogP contribution is 2.23. The van der Waals surface area contributed by atoms with E-state index in [1.165, 1.54) is 24.3 Å². The summed E-state index contributed by atoms with van der Waals surface area (Å²) >= 11 is 5.98. The Hall–Kier alpha value is -3.51. The van der Waals surface area contributed by atoms with Crippen molar-refractivity contribution in [1.29, 1.82) is 0 Å². The van der Waals surface area contributed by atoms with Crippen LogP contribution in [0.1, 0.15) is 10.6 Å². The largest absolute Gasteiger partial charge is 0.319 e. The van der Waals surface area contributed by atoms with Crippen LogP contribution in [0.2, 0.25) is 5.02 Å². The van der Waals surface area contributed by atoms with E-state index < -0.39 is 5.91 Å². The summed E-state index contributed by atoms with van der Waals surface area (Å²) in [4.78, 5) is 17.0. The normalized spacial score (nSPS) is 10.6. The first-order valence-electron chi connectivity index (χ1n) is 8.45. The summed E-state index contributed by atoms with van der Waals surface area (Å²) in [6.45, 7) is 0. The van der Waals surface area contributed by atoms with E-state index >= 15 is 0 Å². The van der Waals surface area contributed by atoms with Gasteiger partial charge in [0, 0.05) is 16.3 Å². The Kier molecular flexibility index (Phi) is 4.87. The third kappa shape index (κ3) is 3.77. The lowest BCUT2D eigenvalue weighted by Crippen LogP contribution is -2.14. The molecule has 0 atom stereocenters. The van der Waals surface area contributed by atoms with E-state index in [9.17, 15) is 9.18 Å². The Morgan fingerprint density at radius 2 is 1.61 bits per heavy atom. The molecule has 0 aliphatic rings. The van der Waals surface area contributed by atoms with E-state index in [1.807, 2.05) is 42.5 Å². The number of rotatable bonds is 4. The van der Waals surface area contributed by atoms with Gasteiger partial charge in [0.25, 0.3) is 5.91 Å². The average Bonchev–Trinajstić information content (AvgIpc) is 3.16. The predicted octanol–water partition coefficient (Wildman–Crippen LogP) is 4.98. The molecule has 138 valence electrons. The van der Waals surface area contributed by atoms with Gasteiger partial charge in [0.2, 0.25) is 5.82 Å². The summed E-state index contributed by atoms with van der Waals surface area (Å²) in [6.07, 6.45) is 0. The standard InChI is InChI=1S/C21H14ClFN4O/c22-15-8-6-14(7-9-15)20-25-19(26-27(20)18-4-2-1-3-5-18)21(28)24-17-12-10-16(23)11-13-17/h1-13H,(H,24,28). The van der Waals surface area contributed by atoms with Crippen LogP contribution in [-0.4, -0.2) is 20.7 Å². The molecule has 0 radical (unpaired) electrons. The summed E-state index contributed by atoms with van der Waals surface area (Å²) in [5.74, 6) is -0.365. The summed E-state index contributed by atoms with van der Waals surface area (Å²) in [6, 6.07) is 22.0. The molecule has 1 amide bonds. The minimum Gasteiger partial charge on any atom is -0.319 e. The van der Waals surface area contributed by atoms with Crippen molar-refractivity contribution in [3.8, 4) is 17.1 Å². The molecule has 1 heterocycles. The summed E-state index contributed by atoms with van der Waals surface area (Å²) in [5, 5.41) is 7.65. The van der Waals surface area contributed by atoms with E-state index in [1.54, 1.807) is 16.8 Å². The number of nitrogens with zero attached hydrogens (tertiary/aromatic N) is 3. The first-order valence-corrected chi connectivity index (χ1v) is 8.83. The molecule has 0 aliphatic carbocycles. The van der Waals surface area contributed by atoms with E-state index in [0.29, 0.717) is 16.5 Å². The van der Waals surface area contributed by atoms with Crippen LogP contribution in [0.3, 0.4) is 0 Å². The number of amides is 1. The monoisotopic (exact) mass is 392 g/mol. The number of carbonyl (C=O) groups is 1. The molecule has 1 aromatic heterocycles. The van der Waals surface area contributed by atoms with Crippen LogP contribution in [0, 0.1) is 5.82 Å². The predicted molar refractivity (Wildman–Crippen MR) is 106 cm³/mol. The number of anilines is 1. The minimum atomic E-state index is -0.489. The van der Waals surface area contributed by atoms with Gasteiger partial charge in [-0.25, -0.2) is 14.1 Å². The Bertz CT molecular complexity index is 1110. The van der Waals surface area contributed by atoms with Gasteiger partial charge in [-0.15, -0.1) is 5.10 Å². The zero-order valence-electron chi connectivity index (χ0n) is 14.5. The Morgan fingerprint density at radius 1 is 0.929 bits per heavy atom. The van der Waals surface area contributed by atoms with Crippen molar-refractivity contribution in [2.24, 2.45) is 0 Å². The maximum atomic E-state index is 13.1. The second-order valence-corrected chi connectivity index (χ2v) is 6.41. The fourth-order valence-electron chi connectivity index (χ4n) is 2.66. The topological polar surface area (TPSA) is 59.8 Å². The van der Waals surface area contributed by atoms with Crippen molar-refractivity contribution in [3.05, 3.63) is 95.5 Å². The van der Waals surface area contributed by atoms with Crippen molar-refractivity contribution in [3.63, 3.8) is 0 Å². The molecule has 0 aliphatic heterocycles. The highest BCUT2D eigenvalue weighted by atomic mass is 35.5. The number of halogens is 2. The minimum absolute atomic E-state index is 0.00173. The highest BCUT2D eigenvalue weighted by molar-refractivity contribution is 6.30. The van der Waals surface area contributed by atoms with Crippen LogP contribution in [-0.2, 0) is 0 Å². The van der Waals surface area contributed by atoms with Crippen LogP contribution in [0.4, 0.5) is 10.1 Å². The third-order valence-electron chi connectivity index (χ3n) is 4.02. The van der Waals surface area contributed by atoms with Gasteiger partial charge < -0.3 is 5.32 Å². The van der Waals surface area contributed by atoms with Crippen molar-refractivity contribution < 1.29 is 9.18 Å². The zero-order valence-corrected chi connectivity index (χ0v) is 15.3. The lowest BCUT2D eigenvalue weighted by atomic mass is 10.2. The molecule has 1 N–H and O–H groups in total. The average molecular weight is 393 g/mol. The second kappa shape index (κ2) is 7.62. The van der Waals surface area contributed by atoms with E-state index in [4.69, 9.17) is 11.6 Å². The molecule has 3 aromatic carbocycles. The van der Waals surface area contributed by atoms with E-state index in [2.05, 4.69) is 15.4 Å². The number of hydrogen-bond donors (Lipinski definition) is 1. The first kappa shape index (κ1) is 17.9. The third-order valence-corrected chi connectivity index (χ3v) is 4.27. The van der Waals surface area contributed by atoms with Crippen molar-refractivity contribution in [1.82, 2.24) is 14.8 Å². The summed E-state index contributed by atoms with van der Waals surface area (Å²) in [7, 11) is 0. The van der Waals surface area contributed by atoms with Crippen LogP contribution < -0.4 is 5.32 Å². The Morgan fingerprint density at radius 3 is 2.29 bits per heavy atom. The molecular formula is C21H14ClFN4O. The Labute approximate surface area is 165 Å². The van der Waals surface area contributed by atoms with Crippen molar-refractivity contribution in [2.45, 2.75) is 0 Å². The van der Waals surface area contributed by atoms with Crippen molar-refractivity contribution in [2.75, 3.05) is 5.32 Å². The van der Waals surface area contributed by atoms with Crippen LogP contribution in [0.25, 0.3) is 17.1 Å². The molecule has 4 aromatic rings. The first-order chi connectivity index (χ1) is 13.6. The maximum absolute atomic E-state index is 13.1. The van der Waals surface area contributed by atoms with Crippen LogP contribution in [0.15, 0.2) is 78.9 Å². The maximum Gasteiger partial charge on any atom is 0.295 e. The van der Waals surface area contributed by atoms with Crippen LogP contribution in [0.5, 0.6) is 0 Å². The van der Waals surface area contributed by atoms with Gasteiger partial charge in [-0.3, -0.25) is 4.79 Å². The quantitative estimate of drug-likeness (QED) is 0.533. The van der Waals surface area contributed by atoms with Crippen LogP contribution >= 0.6 is 11.6 Å². The number of para-hydroxylation sites is 1. The fraction of sp³-hybridized carbons (Fsp3) is 0. The smallest absolute Gasteiger partial charge is 0.295 e. The Balaban J connectivity index is 1.73.